The highest BCUT2D eigenvalue weighted by atomic mass is 16.2. The van der Waals surface area contributed by atoms with Crippen molar-refractivity contribution in [1.29, 1.82) is 0 Å². The monoisotopic (exact) mass is 250 g/mol. The van der Waals surface area contributed by atoms with E-state index in [0.29, 0.717) is 5.82 Å². The lowest BCUT2D eigenvalue weighted by molar-refractivity contribution is -0.131. The number of aryl methyl sites for hydroxylation is 1. The molecule has 0 radical (unpaired) electrons. The van der Waals surface area contributed by atoms with Gasteiger partial charge in [-0.25, -0.2) is 9.97 Å². The van der Waals surface area contributed by atoms with Gasteiger partial charge in [0.1, 0.15) is 18.2 Å². The van der Waals surface area contributed by atoms with E-state index in [1.54, 1.807) is 4.90 Å². The van der Waals surface area contributed by atoms with Crippen molar-refractivity contribution in [3.63, 3.8) is 0 Å². The zero-order valence-corrected chi connectivity index (χ0v) is 11.6. The molecule has 0 aliphatic rings. The number of rotatable bonds is 6. The number of nitrogens with zero attached hydrogens (tertiary/aromatic N) is 3. The summed E-state index contributed by atoms with van der Waals surface area (Å²) in [7, 11) is 0. The summed E-state index contributed by atoms with van der Waals surface area (Å²) in [4.78, 5) is 22.1. The molecule has 100 valence electrons. The standard InChI is InChI=1S/C13H22N4O/c1-5-11-8-12(15-9-14-11)16-10(4)13(18)17(6-2)7-3/h8-10H,5-7H2,1-4H3,(H,14,15,16). The SMILES string of the molecule is CCc1cc(NC(C)C(=O)N(CC)CC)ncn1. The lowest BCUT2D eigenvalue weighted by Crippen LogP contribution is -2.41. The van der Waals surface area contributed by atoms with Crippen molar-refractivity contribution >= 4 is 11.7 Å². The van der Waals surface area contributed by atoms with E-state index >= 15 is 0 Å². The maximum absolute atomic E-state index is 12.1. The summed E-state index contributed by atoms with van der Waals surface area (Å²) in [6.45, 7) is 9.31. The minimum atomic E-state index is -0.274. The molecule has 5 nitrogen and oxygen atoms in total. The van der Waals surface area contributed by atoms with Crippen molar-refractivity contribution in [2.45, 2.75) is 40.2 Å². The average Bonchev–Trinajstić information content (AvgIpc) is 2.40. The number of anilines is 1. The second-order valence-electron chi connectivity index (χ2n) is 4.12. The fourth-order valence-corrected chi connectivity index (χ4v) is 1.76. The molecule has 0 aliphatic heterocycles. The van der Waals surface area contributed by atoms with E-state index in [9.17, 15) is 4.79 Å². The predicted molar refractivity (Wildman–Crippen MR) is 72.4 cm³/mol. The molecule has 0 saturated heterocycles. The summed E-state index contributed by atoms with van der Waals surface area (Å²) in [5, 5.41) is 3.12. The highest BCUT2D eigenvalue weighted by Crippen LogP contribution is 2.07. The summed E-state index contributed by atoms with van der Waals surface area (Å²) in [6.07, 6.45) is 2.38. The highest BCUT2D eigenvalue weighted by molar-refractivity contribution is 5.83. The Morgan fingerprint density at radius 1 is 1.33 bits per heavy atom. The molecule has 1 amide bonds. The summed E-state index contributed by atoms with van der Waals surface area (Å²) in [6, 6.07) is 1.61. The van der Waals surface area contributed by atoms with Gasteiger partial charge in [0.25, 0.3) is 0 Å². The Kier molecular flexibility index (Phi) is 5.55. The third-order valence-corrected chi connectivity index (χ3v) is 2.90. The number of amides is 1. The van der Waals surface area contributed by atoms with Crippen LogP contribution in [0.5, 0.6) is 0 Å². The van der Waals surface area contributed by atoms with Crippen LogP contribution in [0.2, 0.25) is 0 Å². The Morgan fingerprint density at radius 2 is 2.00 bits per heavy atom. The molecule has 0 spiro atoms. The number of hydrogen-bond acceptors (Lipinski definition) is 4. The van der Waals surface area contributed by atoms with E-state index in [-0.39, 0.29) is 11.9 Å². The predicted octanol–water partition coefficient (Wildman–Crippen LogP) is 1.71. The zero-order chi connectivity index (χ0) is 13.5. The lowest BCUT2D eigenvalue weighted by atomic mass is 10.2. The molecule has 1 heterocycles. The Balaban J connectivity index is 2.68. The number of hydrogen-bond donors (Lipinski definition) is 1. The Morgan fingerprint density at radius 3 is 2.56 bits per heavy atom. The van der Waals surface area contributed by atoms with Crippen LogP contribution in [0.3, 0.4) is 0 Å². The van der Waals surface area contributed by atoms with Crippen LogP contribution in [0.25, 0.3) is 0 Å². The van der Waals surface area contributed by atoms with Gasteiger partial charge in [0.2, 0.25) is 5.91 Å². The molecule has 1 atom stereocenters. The number of aromatic nitrogens is 2. The van der Waals surface area contributed by atoms with Crippen LogP contribution in [0.15, 0.2) is 12.4 Å². The molecular weight excluding hydrogens is 228 g/mol. The largest absolute Gasteiger partial charge is 0.359 e. The molecule has 0 saturated carbocycles. The van der Waals surface area contributed by atoms with E-state index in [1.807, 2.05) is 33.8 Å². The van der Waals surface area contributed by atoms with Crippen LogP contribution in [0, 0.1) is 0 Å². The first-order valence-electron chi connectivity index (χ1n) is 6.48. The second kappa shape index (κ2) is 6.93. The maximum Gasteiger partial charge on any atom is 0.244 e. The third-order valence-electron chi connectivity index (χ3n) is 2.90. The molecule has 1 rings (SSSR count). The van der Waals surface area contributed by atoms with Gasteiger partial charge in [-0.2, -0.15) is 0 Å². The molecule has 0 aromatic carbocycles. The summed E-state index contributed by atoms with van der Waals surface area (Å²) >= 11 is 0. The van der Waals surface area contributed by atoms with Gasteiger partial charge in [-0.3, -0.25) is 4.79 Å². The minimum Gasteiger partial charge on any atom is -0.359 e. The average molecular weight is 250 g/mol. The van der Waals surface area contributed by atoms with E-state index in [1.165, 1.54) is 6.33 Å². The molecule has 0 aliphatic carbocycles. The first-order chi connectivity index (χ1) is 8.62. The smallest absolute Gasteiger partial charge is 0.244 e. The molecular formula is C13H22N4O. The van der Waals surface area contributed by atoms with E-state index < -0.39 is 0 Å². The van der Waals surface area contributed by atoms with Crippen molar-refractivity contribution in [2.75, 3.05) is 18.4 Å². The molecule has 1 aromatic rings. The van der Waals surface area contributed by atoms with E-state index in [4.69, 9.17) is 0 Å². The molecule has 0 bridgehead atoms. The summed E-state index contributed by atoms with van der Waals surface area (Å²) in [5.41, 5.74) is 0.968. The minimum absolute atomic E-state index is 0.0941. The number of likely N-dealkylation sites (N-methyl/N-ethyl adjacent to an activating group) is 1. The molecule has 18 heavy (non-hydrogen) atoms. The summed E-state index contributed by atoms with van der Waals surface area (Å²) in [5.74, 6) is 0.798. The van der Waals surface area contributed by atoms with Gasteiger partial charge in [-0.1, -0.05) is 6.92 Å². The summed E-state index contributed by atoms with van der Waals surface area (Å²) < 4.78 is 0. The van der Waals surface area contributed by atoms with Gasteiger partial charge in [-0.05, 0) is 27.2 Å². The van der Waals surface area contributed by atoms with Crippen molar-refractivity contribution < 1.29 is 4.79 Å². The Hall–Kier alpha value is -1.65. The third kappa shape index (κ3) is 3.68. The normalized spacial score (nSPS) is 12.0. The van der Waals surface area contributed by atoms with Crippen LogP contribution >= 0.6 is 0 Å². The number of nitrogens with one attached hydrogen (secondary N) is 1. The molecule has 1 unspecified atom stereocenters. The number of carbonyl (C=O) groups is 1. The first kappa shape index (κ1) is 14.4. The number of carbonyl (C=O) groups excluding carboxylic acids is 1. The van der Waals surface area contributed by atoms with Crippen molar-refractivity contribution in [3.8, 4) is 0 Å². The highest BCUT2D eigenvalue weighted by Gasteiger charge is 2.18. The Bertz CT molecular complexity index is 390. The molecule has 1 aromatic heterocycles. The first-order valence-corrected chi connectivity index (χ1v) is 6.48. The van der Waals surface area contributed by atoms with Gasteiger partial charge >= 0.3 is 0 Å². The van der Waals surface area contributed by atoms with Crippen LogP contribution in [0.4, 0.5) is 5.82 Å². The van der Waals surface area contributed by atoms with Crippen LogP contribution in [-0.4, -0.2) is 39.9 Å². The van der Waals surface area contributed by atoms with Crippen molar-refractivity contribution in [1.82, 2.24) is 14.9 Å². The zero-order valence-electron chi connectivity index (χ0n) is 11.6. The molecule has 5 heteroatoms. The van der Waals surface area contributed by atoms with Gasteiger partial charge < -0.3 is 10.2 Å². The van der Waals surface area contributed by atoms with Gasteiger partial charge in [0.15, 0.2) is 0 Å². The van der Waals surface area contributed by atoms with E-state index in [2.05, 4.69) is 15.3 Å². The van der Waals surface area contributed by atoms with Gasteiger partial charge in [0.05, 0.1) is 0 Å². The van der Waals surface area contributed by atoms with Crippen LogP contribution in [-0.2, 0) is 11.2 Å². The molecule has 0 fully saturated rings. The van der Waals surface area contributed by atoms with Crippen LogP contribution < -0.4 is 5.32 Å². The van der Waals surface area contributed by atoms with E-state index in [0.717, 1.165) is 25.2 Å². The van der Waals surface area contributed by atoms with Gasteiger partial charge in [-0.15, -0.1) is 0 Å². The molecule has 1 N–H and O–H groups in total. The fraction of sp³-hybridized carbons (Fsp3) is 0.615. The quantitative estimate of drug-likeness (QED) is 0.835. The maximum atomic E-state index is 12.1. The van der Waals surface area contributed by atoms with Gasteiger partial charge in [0, 0.05) is 24.8 Å². The Labute approximate surface area is 109 Å². The van der Waals surface area contributed by atoms with Crippen molar-refractivity contribution in [2.24, 2.45) is 0 Å². The lowest BCUT2D eigenvalue weighted by Gasteiger charge is -2.23. The topological polar surface area (TPSA) is 58.1 Å². The fourth-order valence-electron chi connectivity index (χ4n) is 1.76. The second-order valence-corrected chi connectivity index (χ2v) is 4.12. The van der Waals surface area contributed by atoms with Crippen LogP contribution in [0.1, 0.15) is 33.4 Å². The van der Waals surface area contributed by atoms with Crippen molar-refractivity contribution in [3.05, 3.63) is 18.1 Å².